The van der Waals surface area contributed by atoms with E-state index in [2.05, 4.69) is 25.8 Å². The average Bonchev–Trinajstić information content (AvgIpc) is 3.40. The number of aromatic nitrogens is 1. The maximum Gasteiger partial charge on any atom is 0.338 e. The van der Waals surface area contributed by atoms with Gasteiger partial charge in [0.2, 0.25) is 0 Å². The van der Waals surface area contributed by atoms with Gasteiger partial charge in [-0.05, 0) is 30.5 Å². The third-order valence-corrected chi connectivity index (χ3v) is 5.95. The second-order valence-corrected chi connectivity index (χ2v) is 7.71. The van der Waals surface area contributed by atoms with Crippen LogP contribution in [0.25, 0.3) is 0 Å². The first kappa shape index (κ1) is 20.3. The highest BCUT2D eigenvalue weighted by Crippen LogP contribution is 2.42. The largest absolute Gasteiger partial charge is 0.466 e. The summed E-state index contributed by atoms with van der Waals surface area (Å²) in [7, 11) is 1.37. The molecule has 1 aromatic carbocycles. The second-order valence-electron chi connectivity index (χ2n) is 5.97. The maximum atomic E-state index is 13.6. The number of thiazole rings is 1. The van der Waals surface area contributed by atoms with Gasteiger partial charge in [-0.3, -0.25) is 4.99 Å². The van der Waals surface area contributed by atoms with Gasteiger partial charge in [0, 0.05) is 28.3 Å². The van der Waals surface area contributed by atoms with Crippen LogP contribution < -0.4 is 0 Å². The first-order valence-electron chi connectivity index (χ1n) is 8.40. The van der Waals surface area contributed by atoms with Crippen LogP contribution in [0.5, 0.6) is 0 Å². The van der Waals surface area contributed by atoms with Crippen molar-refractivity contribution in [2.24, 2.45) is 4.99 Å². The minimum Gasteiger partial charge on any atom is -0.466 e. The molecule has 1 unspecified atom stereocenters. The molecule has 0 amide bonds. The fourth-order valence-corrected chi connectivity index (χ4v) is 4.60. The van der Waals surface area contributed by atoms with Gasteiger partial charge in [0.25, 0.3) is 0 Å². The van der Waals surface area contributed by atoms with E-state index in [1.165, 1.54) is 30.6 Å². The van der Waals surface area contributed by atoms with Crippen molar-refractivity contribution in [2.75, 3.05) is 13.7 Å². The summed E-state index contributed by atoms with van der Waals surface area (Å²) in [4.78, 5) is 31.9. The van der Waals surface area contributed by atoms with Crippen LogP contribution in [0.1, 0.15) is 29.5 Å². The molecule has 2 aliphatic heterocycles. The highest BCUT2D eigenvalue weighted by molar-refractivity contribution is 9.10. The number of halogens is 2. The van der Waals surface area contributed by atoms with Gasteiger partial charge in [-0.1, -0.05) is 22.0 Å². The molecule has 0 bridgehead atoms. The molecule has 9 heteroatoms. The second kappa shape index (κ2) is 8.74. The Balaban J connectivity index is 0.00000109. The Kier molecular flexibility index (Phi) is 6.35. The molecular formula is C19H17BrFN3O3S. The number of nitrogens with zero attached hydrogens (tertiary/aromatic N) is 3. The van der Waals surface area contributed by atoms with Gasteiger partial charge in [0.15, 0.2) is 10.8 Å². The zero-order valence-corrected chi connectivity index (χ0v) is 17.4. The van der Waals surface area contributed by atoms with E-state index in [4.69, 9.17) is 14.5 Å². The molecule has 2 aliphatic rings. The van der Waals surface area contributed by atoms with Crippen molar-refractivity contribution in [3.63, 3.8) is 0 Å². The monoisotopic (exact) mass is 465 g/mol. The lowest BCUT2D eigenvalue weighted by atomic mass is 9.95. The number of carbonyl (C=O) groups excluding carboxylic acids is 2. The van der Waals surface area contributed by atoms with Crippen molar-refractivity contribution in [2.45, 2.75) is 18.9 Å². The van der Waals surface area contributed by atoms with E-state index in [1.54, 1.807) is 12.3 Å². The predicted molar refractivity (Wildman–Crippen MR) is 108 cm³/mol. The Morgan fingerprint density at radius 3 is 2.86 bits per heavy atom. The first-order valence-corrected chi connectivity index (χ1v) is 10.1. The summed E-state index contributed by atoms with van der Waals surface area (Å²) in [5.74, 6) is -0.00762. The molecule has 0 N–H and O–H groups in total. The Hall–Kier alpha value is -2.39. The van der Waals surface area contributed by atoms with Gasteiger partial charge < -0.3 is 14.4 Å². The molecule has 28 heavy (non-hydrogen) atoms. The SMILES string of the molecule is C=O.COC(=O)C1=C2CCCN2C(c2nccs2)=NC1c1ccc(F)cc1Br. The zero-order valence-electron chi connectivity index (χ0n) is 15.0. The summed E-state index contributed by atoms with van der Waals surface area (Å²) in [6, 6.07) is 3.84. The lowest BCUT2D eigenvalue weighted by molar-refractivity contribution is -0.136. The number of benzene rings is 1. The number of esters is 1. The smallest absolute Gasteiger partial charge is 0.338 e. The first-order chi connectivity index (χ1) is 13.6. The van der Waals surface area contributed by atoms with Crippen LogP contribution in [0.3, 0.4) is 0 Å². The normalized spacial score (nSPS) is 18.2. The number of hydrogen-bond donors (Lipinski definition) is 0. The van der Waals surface area contributed by atoms with Crippen molar-refractivity contribution in [1.82, 2.24) is 9.88 Å². The number of fused-ring (bicyclic) bond motifs is 1. The highest BCUT2D eigenvalue weighted by atomic mass is 79.9. The molecule has 2 aromatic rings. The summed E-state index contributed by atoms with van der Waals surface area (Å²) in [5.41, 5.74) is 2.15. The molecule has 6 nitrogen and oxygen atoms in total. The Bertz CT molecular complexity index is 946. The third-order valence-electron chi connectivity index (χ3n) is 4.50. The van der Waals surface area contributed by atoms with Crippen LogP contribution in [0.2, 0.25) is 0 Å². The van der Waals surface area contributed by atoms with E-state index >= 15 is 0 Å². The molecular weight excluding hydrogens is 449 g/mol. The molecule has 1 aromatic heterocycles. The molecule has 1 atom stereocenters. The van der Waals surface area contributed by atoms with Crippen LogP contribution in [0, 0.1) is 5.82 Å². The molecule has 3 heterocycles. The number of ether oxygens (including phenoxy) is 1. The van der Waals surface area contributed by atoms with Crippen molar-refractivity contribution < 1.29 is 18.7 Å². The standard InChI is InChI=1S/C18H15BrFN3O2S.CH2O/c1-25-18(24)14-13-3-2-7-23(13)16(17-21-6-8-26-17)22-15(14)11-5-4-10(20)9-12(11)19;1-2/h4-6,8-9,15H,2-3,7H2,1H3;1H2. The van der Waals surface area contributed by atoms with E-state index in [0.29, 0.717) is 10.0 Å². The topological polar surface area (TPSA) is 71.9 Å². The van der Waals surface area contributed by atoms with E-state index in [1.807, 2.05) is 12.2 Å². The number of amidine groups is 1. The Labute approximate surface area is 173 Å². The summed E-state index contributed by atoms with van der Waals surface area (Å²) < 4.78 is 19.2. The summed E-state index contributed by atoms with van der Waals surface area (Å²) in [6.07, 6.45) is 3.43. The van der Waals surface area contributed by atoms with Crippen molar-refractivity contribution >= 4 is 45.9 Å². The molecule has 0 spiro atoms. The lowest BCUT2D eigenvalue weighted by Gasteiger charge is -2.31. The van der Waals surface area contributed by atoms with E-state index in [0.717, 1.165) is 41.5 Å². The maximum absolute atomic E-state index is 13.6. The molecule has 0 aliphatic carbocycles. The van der Waals surface area contributed by atoms with Crippen LogP contribution >= 0.6 is 27.3 Å². The van der Waals surface area contributed by atoms with Gasteiger partial charge in [0.05, 0.1) is 12.7 Å². The number of hydrogen-bond acceptors (Lipinski definition) is 7. The number of allylic oxidation sites excluding steroid dienone is 1. The molecule has 1 saturated heterocycles. The van der Waals surface area contributed by atoms with Crippen molar-refractivity contribution in [3.8, 4) is 0 Å². The molecule has 146 valence electrons. The van der Waals surface area contributed by atoms with Gasteiger partial charge >= 0.3 is 5.97 Å². The fraction of sp³-hybridized carbons (Fsp3) is 0.263. The summed E-state index contributed by atoms with van der Waals surface area (Å²) in [5, 5.41) is 2.70. The highest BCUT2D eigenvalue weighted by Gasteiger charge is 2.39. The zero-order chi connectivity index (χ0) is 20.3. The van der Waals surface area contributed by atoms with Crippen molar-refractivity contribution in [1.29, 1.82) is 0 Å². The molecule has 4 rings (SSSR count). The molecule has 0 saturated carbocycles. The van der Waals surface area contributed by atoms with Gasteiger partial charge in [0.1, 0.15) is 18.6 Å². The minimum absolute atomic E-state index is 0.352. The summed E-state index contributed by atoms with van der Waals surface area (Å²) in [6.45, 7) is 2.78. The quantitative estimate of drug-likeness (QED) is 0.643. The predicted octanol–water partition coefficient (Wildman–Crippen LogP) is 3.88. The van der Waals surface area contributed by atoms with Crippen LogP contribution in [0.15, 0.2) is 50.5 Å². The van der Waals surface area contributed by atoms with Gasteiger partial charge in [-0.25, -0.2) is 14.2 Å². The number of rotatable bonds is 3. The Morgan fingerprint density at radius 2 is 2.21 bits per heavy atom. The number of aliphatic imine (C=N–C) groups is 1. The Morgan fingerprint density at radius 1 is 1.43 bits per heavy atom. The molecule has 1 fully saturated rings. The summed E-state index contributed by atoms with van der Waals surface area (Å²) >= 11 is 4.92. The van der Waals surface area contributed by atoms with Gasteiger partial charge in [-0.15, -0.1) is 11.3 Å². The number of carbonyl (C=O) groups is 2. The molecule has 0 radical (unpaired) electrons. The van der Waals surface area contributed by atoms with E-state index in [-0.39, 0.29) is 5.82 Å². The number of methoxy groups -OCH3 is 1. The fourth-order valence-electron chi connectivity index (χ4n) is 3.39. The van der Waals surface area contributed by atoms with Crippen LogP contribution in [0.4, 0.5) is 4.39 Å². The van der Waals surface area contributed by atoms with Crippen LogP contribution in [-0.4, -0.2) is 42.1 Å². The van der Waals surface area contributed by atoms with Crippen LogP contribution in [-0.2, 0) is 14.3 Å². The van der Waals surface area contributed by atoms with E-state index in [9.17, 15) is 9.18 Å². The lowest BCUT2D eigenvalue weighted by Crippen LogP contribution is -2.35. The average molecular weight is 466 g/mol. The van der Waals surface area contributed by atoms with Crippen molar-refractivity contribution in [3.05, 3.63) is 61.9 Å². The minimum atomic E-state index is -0.569. The van der Waals surface area contributed by atoms with E-state index < -0.39 is 12.0 Å². The third kappa shape index (κ3) is 3.64. The van der Waals surface area contributed by atoms with Gasteiger partial charge in [-0.2, -0.15) is 0 Å².